The van der Waals surface area contributed by atoms with Crippen LogP contribution < -0.4 is 11.1 Å². The van der Waals surface area contributed by atoms with Crippen LogP contribution in [0.3, 0.4) is 0 Å². The Hall–Kier alpha value is -2.17. The van der Waals surface area contributed by atoms with Gasteiger partial charge in [-0.1, -0.05) is 54.6 Å². The van der Waals surface area contributed by atoms with Crippen LogP contribution >= 0.6 is 0 Å². The molecule has 4 heteroatoms. The lowest BCUT2D eigenvalue weighted by atomic mass is 10.1. The zero-order chi connectivity index (χ0) is 15.1. The fraction of sp³-hybridized carbons (Fsp3) is 0.235. The van der Waals surface area contributed by atoms with Crippen molar-refractivity contribution in [1.82, 2.24) is 5.32 Å². The molecule has 0 spiro atoms. The monoisotopic (exact) mass is 284 g/mol. The molecule has 4 nitrogen and oxygen atoms in total. The average Bonchev–Trinajstić information content (AvgIpc) is 2.50. The van der Waals surface area contributed by atoms with Gasteiger partial charge in [0.1, 0.15) is 6.04 Å². The molecule has 0 unspecified atom stereocenters. The second-order valence-corrected chi connectivity index (χ2v) is 4.88. The molecule has 0 bridgehead atoms. The van der Waals surface area contributed by atoms with Crippen molar-refractivity contribution >= 4 is 5.91 Å². The molecule has 0 saturated carbocycles. The first-order chi connectivity index (χ1) is 10.2. The fourth-order valence-corrected chi connectivity index (χ4v) is 2.17. The van der Waals surface area contributed by atoms with Crippen LogP contribution in [0.1, 0.15) is 22.7 Å². The van der Waals surface area contributed by atoms with E-state index in [9.17, 15) is 4.79 Å². The molecule has 0 aliphatic heterocycles. The van der Waals surface area contributed by atoms with Gasteiger partial charge in [0.2, 0.25) is 5.91 Å². The first-order valence-electron chi connectivity index (χ1n) is 6.85. The number of hydrogen-bond acceptors (Lipinski definition) is 3. The summed E-state index contributed by atoms with van der Waals surface area (Å²) in [5, 5.41) is 3.20. The van der Waals surface area contributed by atoms with E-state index in [0.717, 1.165) is 16.7 Å². The predicted molar refractivity (Wildman–Crippen MR) is 82.4 cm³/mol. The number of carbonyl (C=O) groups excluding carboxylic acids is 1. The van der Waals surface area contributed by atoms with Crippen LogP contribution in [0.2, 0.25) is 0 Å². The normalized spacial score (nSPS) is 12.0. The molecule has 0 radical (unpaired) electrons. The highest BCUT2D eigenvalue weighted by atomic mass is 16.5. The van der Waals surface area contributed by atoms with Gasteiger partial charge in [0.25, 0.3) is 0 Å². The van der Waals surface area contributed by atoms with Crippen molar-refractivity contribution in [2.24, 2.45) is 5.73 Å². The summed E-state index contributed by atoms with van der Waals surface area (Å²) in [7, 11) is 1.67. The van der Waals surface area contributed by atoms with Gasteiger partial charge in [-0.3, -0.25) is 10.1 Å². The summed E-state index contributed by atoms with van der Waals surface area (Å²) in [4.78, 5) is 11.6. The molecule has 0 aliphatic rings. The Morgan fingerprint density at radius 2 is 1.71 bits per heavy atom. The van der Waals surface area contributed by atoms with Crippen LogP contribution in [0, 0.1) is 0 Å². The van der Waals surface area contributed by atoms with Gasteiger partial charge in [-0.2, -0.15) is 0 Å². The molecule has 1 amide bonds. The molecule has 110 valence electrons. The lowest BCUT2D eigenvalue weighted by Crippen LogP contribution is -2.33. The average molecular weight is 284 g/mol. The minimum absolute atomic E-state index is 0.378. The predicted octanol–water partition coefficient (Wildman–Crippen LogP) is 2.15. The summed E-state index contributed by atoms with van der Waals surface area (Å²) in [6, 6.07) is 17.1. The van der Waals surface area contributed by atoms with E-state index < -0.39 is 6.04 Å². The van der Waals surface area contributed by atoms with Crippen LogP contribution in [0.25, 0.3) is 0 Å². The Balaban J connectivity index is 2.00. The van der Waals surface area contributed by atoms with Crippen LogP contribution in [0.5, 0.6) is 0 Å². The molecule has 0 aromatic heterocycles. The molecule has 0 fully saturated rings. The zero-order valence-corrected chi connectivity index (χ0v) is 12.1. The van der Waals surface area contributed by atoms with E-state index in [1.807, 2.05) is 54.6 Å². The van der Waals surface area contributed by atoms with Gasteiger partial charge >= 0.3 is 0 Å². The number of rotatable bonds is 7. The highest BCUT2D eigenvalue weighted by Gasteiger charge is 2.16. The molecular formula is C17H20N2O2. The van der Waals surface area contributed by atoms with Gasteiger partial charge in [0, 0.05) is 13.7 Å². The Bertz CT molecular complexity index is 567. The molecule has 0 aliphatic carbocycles. The lowest BCUT2D eigenvalue weighted by molar-refractivity contribution is -0.120. The van der Waals surface area contributed by atoms with Gasteiger partial charge in [0.05, 0.1) is 6.61 Å². The standard InChI is InChI=1S/C17H20N2O2/c1-21-12-14-9-7-13(8-10-14)11-19-16(17(18)20)15-5-3-2-4-6-15/h2-10,16,19H,11-12H2,1H3,(H2,18,20)/t16-/m1/s1. The summed E-state index contributed by atoms with van der Waals surface area (Å²) in [6.07, 6.45) is 0. The Morgan fingerprint density at radius 1 is 1.10 bits per heavy atom. The van der Waals surface area contributed by atoms with E-state index in [1.165, 1.54) is 0 Å². The first-order valence-corrected chi connectivity index (χ1v) is 6.85. The summed E-state index contributed by atoms with van der Waals surface area (Å²) in [5.41, 5.74) is 8.57. The Kier molecular flexibility index (Phi) is 5.49. The SMILES string of the molecule is COCc1ccc(CN[C@@H](C(N)=O)c2ccccc2)cc1. The second kappa shape index (κ2) is 7.57. The maximum absolute atomic E-state index is 11.6. The molecule has 2 rings (SSSR count). The van der Waals surface area contributed by atoms with Crippen molar-refractivity contribution in [3.63, 3.8) is 0 Å². The van der Waals surface area contributed by atoms with E-state index in [0.29, 0.717) is 13.2 Å². The number of ether oxygens (including phenoxy) is 1. The summed E-state index contributed by atoms with van der Waals surface area (Å²) < 4.78 is 5.08. The van der Waals surface area contributed by atoms with Crippen molar-refractivity contribution in [3.05, 3.63) is 71.3 Å². The number of methoxy groups -OCH3 is 1. The zero-order valence-electron chi connectivity index (χ0n) is 12.1. The van der Waals surface area contributed by atoms with Crippen LogP contribution in [0.4, 0.5) is 0 Å². The van der Waals surface area contributed by atoms with E-state index in [4.69, 9.17) is 10.5 Å². The third kappa shape index (κ3) is 4.41. The van der Waals surface area contributed by atoms with Gasteiger partial charge in [-0.15, -0.1) is 0 Å². The molecule has 1 atom stereocenters. The maximum Gasteiger partial charge on any atom is 0.239 e. The summed E-state index contributed by atoms with van der Waals surface area (Å²) in [5.74, 6) is -0.378. The van der Waals surface area contributed by atoms with E-state index in [-0.39, 0.29) is 5.91 Å². The molecule has 2 aromatic carbocycles. The first kappa shape index (κ1) is 15.2. The smallest absolute Gasteiger partial charge is 0.239 e. The third-order valence-electron chi connectivity index (χ3n) is 3.26. The fourth-order valence-electron chi connectivity index (χ4n) is 2.17. The number of benzene rings is 2. The molecule has 2 aromatic rings. The number of nitrogens with one attached hydrogen (secondary N) is 1. The van der Waals surface area contributed by atoms with Crippen molar-refractivity contribution in [3.8, 4) is 0 Å². The van der Waals surface area contributed by atoms with Crippen molar-refractivity contribution in [2.75, 3.05) is 7.11 Å². The Labute approximate surface area is 124 Å². The molecular weight excluding hydrogens is 264 g/mol. The number of hydrogen-bond donors (Lipinski definition) is 2. The highest BCUT2D eigenvalue weighted by molar-refractivity contribution is 5.81. The van der Waals surface area contributed by atoms with Crippen molar-refractivity contribution in [2.45, 2.75) is 19.2 Å². The van der Waals surface area contributed by atoms with Crippen molar-refractivity contribution in [1.29, 1.82) is 0 Å². The van der Waals surface area contributed by atoms with Crippen LogP contribution in [-0.4, -0.2) is 13.0 Å². The van der Waals surface area contributed by atoms with Gasteiger partial charge in [-0.05, 0) is 16.7 Å². The quantitative estimate of drug-likeness (QED) is 0.819. The molecule has 0 heterocycles. The van der Waals surface area contributed by atoms with Gasteiger partial charge in [-0.25, -0.2) is 0 Å². The minimum Gasteiger partial charge on any atom is -0.380 e. The second-order valence-electron chi connectivity index (χ2n) is 4.88. The van der Waals surface area contributed by atoms with Crippen LogP contribution in [-0.2, 0) is 22.7 Å². The minimum atomic E-state index is -0.482. The van der Waals surface area contributed by atoms with E-state index in [2.05, 4.69) is 5.32 Å². The highest BCUT2D eigenvalue weighted by Crippen LogP contribution is 2.13. The third-order valence-corrected chi connectivity index (χ3v) is 3.26. The topological polar surface area (TPSA) is 64.3 Å². The molecule has 21 heavy (non-hydrogen) atoms. The molecule has 0 saturated heterocycles. The van der Waals surface area contributed by atoms with Crippen molar-refractivity contribution < 1.29 is 9.53 Å². The lowest BCUT2D eigenvalue weighted by Gasteiger charge is -2.16. The van der Waals surface area contributed by atoms with Crippen LogP contribution in [0.15, 0.2) is 54.6 Å². The molecule has 3 N–H and O–H groups in total. The maximum atomic E-state index is 11.6. The largest absolute Gasteiger partial charge is 0.380 e. The number of primary amides is 1. The summed E-state index contributed by atoms with van der Waals surface area (Å²) >= 11 is 0. The number of amides is 1. The van der Waals surface area contributed by atoms with E-state index >= 15 is 0 Å². The van der Waals surface area contributed by atoms with E-state index in [1.54, 1.807) is 7.11 Å². The number of carbonyl (C=O) groups is 1. The van der Waals surface area contributed by atoms with Gasteiger partial charge in [0.15, 0.2) is 0 Å². The van der Waals surface area contributed by atoms with Gasteiger partial charge < -0.3 is 10.5 Å². The Morgan fingerprint density at radius 3 is 2.29 bits per heavy atom. The summed E-state index contributed by atoms with van der Waals surface area (Å²) in [6.45, 7) is 1.18. The number of nitrogens with two attached hydrogens (primary N) is 1.